The van der Waals surface area contributed by atoms with E-state index in [4.69, 9.17) is 0 Å². The number of pyridine rings is 2. The van der Waals surface area contributed by atoms with Crippen LogP contribution in [-0.2, 0) is 0 Å². The molecule has 0 aliphatic rings. The van der Waals surface area contributed by atoms with Crippen LogP contribution in [0.2, 0.25) is 0 Å². The zero-order valence-corrected chi connectivity index (χ0v) is 16.2. The minimum atomic E-state index is -0.446. The molecule has 0 amide bonds. The third-order valence-corrected chi connectivity index (χ3v) is 4.86. The van der Waals surface area contributed by atoms with E-state index in [-0.39, 0.29) is 0 Å². The van der Waals surface area contributed by atoms with Crippen LogP contribution in [0.1, 0.15) is 0 Å². The van der Waals surface area contributed by atoms with Crippen LogP contribution in [0.3, 0.4) is 0 Å². The number of nitrogens with zero attached hydrogens (tertiary/aromatic N) is 4. The van der Waals surface area contributed by atoms with Gasteiger partial charge in [-0.2, -0.15) is 0 Å². The van der Waals surface area contributed by atoms with Crippen molar-refractivity contribution in [2.45, 2.75) is 0 Å². The Morgan fingerprint density at radius 3 is 2.21 bits per heavy atom. The number of aromatic nitrogens is 2. The van der Waals surface area contributed by atoms with E-state index in [1.54, 1.807) is 24.5 Å². The predicted molar refractivity (Wildman–Crippen MR) is 111 cm³/mol. The van der Waals surface area contributed by atoms with E-state index in [2.05, 4.69) is 9.97 Å². The highest BCUT2D eigenvalue weighted by molar-refractivity contribution is 6.10. The van der Waals surface area contributed by atoms with Gasteiger partial charge in [-0.1, -0.05) is 0 Å². The standard InChI is InChI=1S/C22H20F2N4/c1-27(2)14-5-7-25-19(11-14)16-12-15-13(9-17(16)23)10-18(24)21-20(28(3)4)6-8-26-22(15)21/h5-12H,1-4H3. The summed E-state index contributed by atoms with van der Waals surface area (Å²) in [6.45, 7) is 0. The Kier molecular flexibility index (Phi) is 4.34. The molecule has 0 aliphatic heterocycles. The summed E-state index contributed by atoms with van der Waals surface area (Å²) in [5.41, 5.74) is 3.03. The maximum absolute atomic E-state index is 14.9. The average molecular weight is 378 g/mol. The van der Waals surface area contributed by atoms with Crippen molar-refractivity contribution in [3.8, 4) is 11.3 Å². The Hall–Kier alpha value is -3.28. The summed E-state index contributed by atoms with van der Waals surface area (Å²) in [6.07, 6.45) is 3.30. The number of rotatable bonds is 3. The van der Waals surface area contributed by atoms with Gasteiger partial charge >= 0.3 is 0 Å². The fraction of sp³-hybridized carbons (Fsp3) is 0.182. The summed E-state index contributed by atoms with van der Waals surface area (Å²) in [5.74, 6) is -0.863. The van der Waals surface area contributed by atoms with E-state index in [0.717, 1.165) is 11.4 Å². The Morgan fingerprint density at radius 1 is 0.786 bits per heavy atom. The zero-order chi connectivity index (χ0) is 20.0. The average Bonchev–Trinajstić information content (AvgIpc) is 2.67. The van der Waals surface area contributed by atoms with Gasteiger partial charge in [-0.3, -0.25) is 9.97 Å². The van der Waals surface area contributed by atoms with Crippen molar-refractivity contribution in [1.82, 2.24) is 9.97 Å². The van der Waals surface area contributed by atoms with Gasteiger partial charge in [0.05, 0.1) is 22.3 Å². The number of halogens is 2. The van der Waals surface area contributed by atoms with Crippen molar-refractivity contribution in [1.29, 1.82) is 0 Å². The molecule has 4 nitrogen and oxygen atoms in total. The summed E-state index contributed by atoms with van der Waals surface area (Å²) in [6, 6.07) is 9.88. The summed E-state index contributed by atoms with van der Waals surface area (Å²) in [7, 11) is 7.54. The number of hydrogen-bond acceptors (Lipinski definition) is 4. The van der Waals surface area contributed by atoms with Crippen molar-refractivity contribution in [2.75, 3.05) is 38.0 Å². The lowest BCUT2D eigenvalue weighted by atomic mass is 9.99. The van der Waals surface area contributed by atoms with E-state index < -0.39 is 11.6 Å². The van der Waals surface area contributed by atoms with Gasteiger partial charge in [0.25, 0.3) is 0 Å². The second-order valence-corrected chi connectivity index (χ2v) is 7.15. The van der Waals surface area contributed by atoms with Crippen molar-refractivity contribution in [3.63, 3.8) is 0 Å². The zero-order valence-electron chi connectivity index (χ0n) is 16.2. The molecule has 0 fully saturated rings. The molecule has 0 atom stereocenters. The Labute approximate surface area is 162 Å². The van der Waals surface area contributed by atoms with Crippen LogP contribution in [0.15, 0.2) is 48.8 Å². The van der Waals surface area contributed by atoms with Gasteiger partial charge in [-0.25, -0.2) is 8.78 Å². The van der Waals surface area contributed by atoms with Gasteiger partial charge in [-0.05, 0) is 41.8 Å². The second kappa shape index (κ2) is 6.71. The van der Waals surface area contributed by atoms with Crippen molar-refractivity contribution < 1.29 is 8.78 Å². The quantitative estimate of drug-likeness (QED) is 0.477. The Morgan fingerprint density at radius 2 is 1.50 bits per heavy atom. The lowest BCUT2D eigenvalue weighted by Gasteiger charge is -2.17. The smallest absolute Gasteiger partial charge is 0.135 e. The van der Waals surface area contributed by atoms with E-state index in [0.29, 0.717) is 32.9 Å². The van der Waals surface area contributed by atoms with Gasteiger partial charge in [0.2, 0.25) is 0 Å². The predicted octanol–water partition coefficient (Wildman–Crippen LogP) is 4.86. The lowest BCUT2D eigenvalue weighted by molar-refractivity contribution is 0.631. The van der Waals surface area contributed by atoms with Crippen LogP contribution in [0.5, 0.6) is 0 Å². The van der Waals surface area contributed by atoms with Crippen molar-refractivity contribution >= 4 is 33.1 Å². The first-order valence-corrected chi connectivity index (χ1v) is 8.88. The minimum Gasteiger partial charge on any atom is -0.378 e. The minimum absolute atomic E-state index is 0.362. The van der Waals surface area contributed by atoms with Crippen LogP contribution < -0.4 is 9.80 Å². The monoisotopic (exact) mass is 378 g/mol. The molecule has 0 radical (unpaired) electrons. The van der Waals surface area contributed by atoms with Gasteiger partial charge in [0.15, 0.2) is 0 Å². The van der Waals surface area contributed by atoms with Gasteiger partial charge in [-0.15, -0.1) is 0 Å². The molecule has 0 aliphatic carbocycles. The second-order valence-electron chi connectivity index (χ2n) is 7.15. The molecule has 4 aromatic rings. The first kappa shape index (κ1) is 18.1. The lowest BCUT2D eigenvalue weighted by Crippen LogP contribution is -2.10. The molecule has 142 valence electrons. The summed E-state index contributed by atoms with van der Waals surface area (Å²) in [4.78, 5) is 12.5. The largest absolute Gasteiger partial charge is 0.378 e. The molecule has 6 heteroatoms. The van der Waals surface area contributed by atoms with E-state index >= 15 is 0 Å². The summed E-state index contributed by atoms with van der Waals surface area (Å²) >= 11 is 0. The van der Waals surface area contributed by atoms with Crippen LogP contribution in [0, 0.1) is 11.6 Å². The van der Waals surface area contributed by atoms with Crippen LogP contribution >= 0.6 is 0 Å². The molecule has 0 N–H and O–H groups in total. The highest BCUT2D eigenvalue weighted by Crippen LogP contribution is 2.36. The van der Waals surface area contributed by atoms with Gasteiger partial charge in [0, 0.05) is 57.2 Å². The molecule has 2 aromatic carbocycles. The molecule has 0 saturated carbocycles. The first-order valence-electron chi connectivity index (χ1n) is 8.88. The molecule has 0 unspecified atom stereocenters. The Bertz CT molecular complexity index is 1200. The third-order valence-electron chi connectivity index (χ3n) is 4.86. The first-order chi connectivity index (χ1) is 13.4. The van der Waals surface area contributed by atoms with E-state index in [9.17, 15) is 8.78 Å². The molecule has 0 bridgehead atoms. The van der Waals surface area contributed by atoms with Gasteiger partial charge in [0.1, 0.15) is 11.6 Å². The number of hydrogen-bond donors (Lipinski definition) is 0. The molecular weight excluding hydrogens is 358 g/mol. The van der Waals surface area contributed by atoms with Gasteiger partial charge < -0.3 is 9.80 Å². The molecule has 2 heterocycles. The highest BCUT2D eigenvalue weighted by Gasteiger charge is 2.16. The fourth-order valence-electron chi connectivity index (χ4n) is 3.43. The van der Waals surface area contributed by atoms with E-state index in [1.165, 1.54) is 12.1 Å². The molecule has 28 heavy (non-hydrogen) atoms. The molecule has 2 aromatic heterocycles. The van der Waals surface area contributed by atoms with Crippen LogP contribution in [0.4, 0.5) is 20.2 Å². The molecule has 4 rings (SSSR count). The number of fused-ring (bicyclic) bond motifs is 3. The summed E-state index contributed by atoms with van der Waals surface area (Å²) < 4.78 is 29.7. The molecular formula is C22H20F2N4. The highest BCUT2D eigenvalue weighted by atomic mass is 19.1. The Balaban J connectivity index is 2.04. The SMILES string of the molecule is CN(C)c1ccnc(-c2cc3c(cc2F)cc(F)c2c(N(C)C)ccnc23)c1. The molecule has 0 saturated heterocycles. The van der Waals surface area contributed by atoms with Crippen LogP contribution in [-0.4, -0.2) is 38.2 Å². The normalized spacial score (nSPS) is 11.2. The number of anilines is 2. The van der Waals surface area contributed by atoms with E-state index in [1.807, 2.05) is 50.1 Å². The third kappa shape index (κ3) is 2.91. The van der Waals surface area contributed by atoms with Crippen molar-refractivity contribution in [2.24, 2.45) is 0 Å². The maximum Gasteiger partial charge on any atom is 0.135 e. The molecule has 0 spiro atoms. The van der Waals surface area contributed by atoms with Crippen LogP contribution in [0.25, 0.3) is 32.9 Å². The maximum atomic E-state index is 14.9. The fourth-order valence-corrected chi connectivity index (χ4v) is 3.43. The summed E-state index contributed by atoms with van der Waals surface area (Å²) in [5, 5.41) is 1.58. The van der Waals surface area contributed by atoms with Crippen molar-refractivity contribution in [3.05, 3.63) is 60.4 Å². The number of benzene rings is 2. The topological polar surface area (TPSA) is 32.3 Å².